The third-order valence-electron chi connectivity index (χ3n) is 2.00. The van der Waals surface area contributed by atoms with Gasteiger partial charge in [0.05, 0.1) is 19.1 Å². The molecule has 0 saturated heterocycles. The van der Waals surface area contributed by atoms with Gasteiger partial charge in [-0.2, -0.15) is 0 Å². The molecule has 2 rings (SSSR count). The minimum Gasteiger partial charge on any atom is -0.472 e. The molecule has 5 nitrogen and oxygen atoms in total. The number of hydrogen-bond acceptors (Lipinski definition) is 4. The van der Waals surface area contributed by atoms with Crippen LogP contribution in [0.25, 0.3) is 0 Å². The number of rotatable bonds is 4. The number of nitrogens with one attached hydrogen (secondary N) is 1. The highest BCUT2D eigenvalue weighted by atomic mass is 16.3. The Morgan fingerprint density at radius 1 is 1.50 bits per heavy atom. The molecule has 0 aromatic carbocycles. The van der Waals surface area contributed by atoms with Crippen molar-refractivity contribution < 1.29 is 4.42 Å². The van der Waals surface area contributed by atoms with Gasteiger partial charge in [0.1, 0.15) is 12.2 Å². The van der Waals surface area contributed by atoms with Crippen molar-refractivity contribution in [1.82, 2.24) is 20.1 Å². The lowest BCUT2D eigenvalue weighted by Crippen LogP contribution is -2.15. The zero-order chi connectivity index (χ0) is 9.80. The molecule has 1 N–H and O–H groups in total. The number of furan rings is 1. The lowest BCUT2D eigenvalue weighted by Gasteiger charge is -2.01. The molecule has 0 fully saturated rings. The van der Waals surface area contributed by atoms with E-state index in [1.807, 2.05) is 17.7 Å². The van der Waals surface area contributed by atoms with Crippen molar-refractivity contribution in [1.29, 1.82) is 0 Å². The van der Waals surface area contributed by atoms with Gasteiger partial charge in [0.2, 0.25) is 0 Å². The normalized spacial score (nSPS) is 10.6. The molecular formula is C9H12N4O. The van der Waals surface area contributed by atoms with Gasteiger partial charge in [-0.25, -0.2) is 0 Å². The SMILES string of the molecule is Cn1cnnc1CNCc1ccoc1. The lowest BCUT2D eigenvalue weighted by atomic mass is 10.3. The van der Waals surface area contributed by atoms with Gasteiger partial charge >= 0.3 is 0 Å². The molecule has 0 aliphatic heterocycles. The van der Waals surface area contributed by atoms with E-state index in [4.69, 9.17) is 4.42 Å². The predicted octanol–water partition coefficient (Wildman–Crippen LogP) is 0.698. The van der Waals surface area contributed by atoms with E-state index in [-0.39, 0.29) is 0 Å². The second-order valence-electron chi connectivity index (χ2n) is 3.09. The quantitative estimate of drug-likeness (QED) is 0.774. The van der Waals surface area contributed by atoms with Gasteiger partial charge in [-0.1, -0.05) is 0 Å². The summed E-state index contributed by atoms with van der Waals surface area (Å²) in [6.07, 6.45) is 5.08. The summed E-state index contributed by atoms with van der Waals surface area (Å²) >= 11 is 0. The number of aromatic nitrogens is 3. The molecule has 0 atom stereocenters. The molecular weight excluding hydrogens is 180 g/mol. The van der Waals surface area contributed by atoms with Crippen molar-refractivity contribution in [2.24, 2.45) is 7.05 Å². The molecule has 74 valence electrons. The highest BCUT2D eigenvalue weighted by molar-refractivity contribution is 5.04. The van der Waals surface area contributed by atoms with E-state index in [1.165, 1.54) is 0 Å². The summed E-state index contributed by atoms with van der Waals surface area (Å²) in [6, 6.07) is 1.93. The van der Waals surface area contributed by atoms with E-state index in [9.17, 15) is 0 Å². The molecule has 2 aromatic heterocycles. The number of aryl methyl sites for hydroxylation is 1. The fourth-order valence-corrected chi connectivity index (χ4v) is 1.18. The zero-order valence-electron chi connectivity index (χ0n) is 7.97. The molecule has 0 amide bonds. The minimum absolute atomic E-state index is 0.710. The predicted molar refractivity (Wildman–Crippen MR) is 50.3 cm³/mol. The molecule has 2 aromatic rings. The van der Waals surface area contributed by atoms with E-state index < -0.39 is 0 Å². The Morgan fingerprint density at radius 2 is 2.43 bits per heavy atom. The van der Waals surface area contributed by atoms with Crippen LogP contribution < -0.4 is 5.32 Å². The minimum atomic E-state index is 0.710. The summed E-state index contributed by atoms with van der Waals surface area (Å²) in [6.45, 7) is 1.49. The van der Waals surface area contributed by atoms with Gasteiger partial charge in [-0.05, 0) is 6.07 Å². The van der Waals surface area contributed by atoms with E-state index in [0.717, 1.165) is 17.9 Å². The average Bonchev–Trinajstić information content (AvgIpc) is 2.78. The lowest BCUT2D eigenvalue weighted by molar-refractivity contribution is 0.558. The maximum atomic E-state index is 4.95. The molecule has 0 aliphatic rings. The van der Waals surface area contributed by atoms with Gasteiger partial charge in [0.25, 0.3) is 0 Å². The van der Waals surface area contributed by atoms with Crippen molar-refractivity contribution in [3.05, 3.63) is 36.3 Å². The fourth-order valence-electron chi connectivity index (χ4n) is 1.18. The maximum Gasteiger partial charge on any atom is 0.146 e. The van der Waals surface area contributed by atoms with E-state index in [0.29, 0.717) is 6.54 Å². The summed E-state index contributed by atoms with van der Waals surface area (Å²) < 4.78 is 6.84. The Labute approximate surface area is 81.8 Å². The Bertz CT molecular complexity index is 379. The Kier molecular flexibility index (Phi) is 2.60. The van der Waals surface area contributed by atoms with Crippen LogP contribution in [0, 0.1) is 0 Å². The van der Waals surface area contributed by atoms with Crippen LogP contribution in [0.2, 0.25) is 0 Å². The van der Waals surface area contributed by atoms with Gasteiger partial charge < -0.3 is 14.3 Å². The van der Waals surface area contributed by atoms with Crippen LogP contribution in [-0.4, -0.2) is 14.8 Å². The molecule has 2 heterocycles. The summed E-state index contributed by atoms with van der Waals surface area (Å²) in [7, 11) is 1.93. The largest absolute Gasteiger partial charge is 0.472 e. The van der Waals surface area contributed by atoms with Crippen LogP contribution in [-0.2, 0) is 20.1 Å². The smallest absolute Gasteiger partial charge is 0.146 e. The van der Waals surface area contributed by atoms with Crippen LogP contribution >= 0.6 is 0 Å². The topological polar surface area (TPSA) is 55.9 Å². The van der Waals surface area contributed by atoms with E-state index >= 15 is 0 Å². The highest BCUT2D eigenvalue weighted by Crippen LogP contribution is 1.99. The van der Waals surface area contributed by atoms with Gasteiger partial charge in [-0.15, -0.1) is 10.2 Å². The first-order chi connectivity index (χ1) is 6.86. The summed E-state index contributed by atoms with van der Waals surface area (Å²) in [5, 5.41) is 11.0. The van der Waals surface area contributed by atoms with Crippen LogP contribution in [0.15, 0.2) is 29.3 Å². The zero-order valence-corrected chi connectivity index (χ0v) is 7.97. The molecule has 0 unspecified atom stereocenters. The molecule has 5 heteroatoms. The van der Waals surface area contributed by atoms with Gasteiger partial charge in [0, 0.05) is 19.2 Å². The van der Waals surface area contributed by atoms with Gasteiger partial charge in [-0.3, -0.25) is 0 Å². The van der Waals surface area contributed by atoms with E-state index in [1.54, 1.807) is 18.9 Å². The van der Waals surface area contributed by atoms with Crippen LogP contribution in [0.3, 0.4) is 0 Å². The fraction of sp³-hybridized carbons (Fsp3) is 0.333. The third-order valence-corrected chi connectivity index (χ3v) is 2.00. The van der Waals surface area contributed by atoms with Crippen molar-refractivity contribution in [3.63, 3.8) is 0 Å². The monoisotopic (exact) mass is 192 g/mol. The first-order valence-corrected chi connectivity index (χ1v) is 4.41. The third kappa shape index (κ3) is 2.00. The van der Waals surface area contributed by atoms with E-state index in [2.05, 4.69) is 15.5 Å². The molecule has 0 saturated carbocycles. The Morgan fingerprint density at radius 3 is 3.07 bits per heavy atom. The Hall–Kier alpha value is -1.62. The van der Waals surface area contributed by atoms with Crippen LogP contribution in [0.5, 0.6) is 0 Å². The standard InChI is InChI=1S/C9H12N4O/c1-13-7-11-12-9(13)5-10-4-8-2-3-14-6-8/h2-3,6-7,10H,4-5H2,1H3. The molecule has 0 aliphatic carbocycles. The number of hydrogen-bond donors (Lipinski definition) is 1. The summed E-state index contributed by atoms with van der Waals surface area (Å²) in [5.74, 6) is 0.925. The Balaban J connectivity index is 1.81. The molecule has 0 spiro atoms. The average molecular weight is 192 g/mol. The number of nitrogens with zero attached hydrogens (tertiary/aromatic N) is 3. The summed E-state index contributed by atoms with van der Waals surface area (Å²) in [5.41, 5.74) is 1.13. The first-order valence-electron chi connectivity index (χ1n) is 4.41. The van der Waals surface area contributed by atoms with Gasteiger partial charge in [0.15, 0.2) is 0 Å². The van der Waals surface area contributed by atoms with Crippen molar-refractivity contribution >= 4 is 0 Å². The second kappa shape index (κ2) is 4.06. The molecule has 0 bridgehead atoms. The molecule has 14 heavy (non-hydrogen) atoms. The second-order valence-corrected chi connectivity index (χ2v) is 3.09. The van der Waals surface area contributed by atoms with Crippen LogP contribution in [0.1, 0.15) is 11.4 Å². The maximum absolute atomic E-state index is 4.95. The van der Waals surface area contributed by atoms with Crippen molar-refractivity contribution in [2.75, 3.05) is 0 Å². The van der Waals surface area contributed by atoms with Crippen molar-refractivity contribution in [2.45, 2.75) is 13.1 Å². The van der Waals surface area contributed by atoms with Crippen molar-refractivity contribution in [3.8, 4) is 0 Å². The molecule has 0 radical (unpaired) electrons. The summed E-state index contributed by atoms with van der Waals surface area (Å²) in [4.78, 5) is 0. The van der Waals surface area contributed by atoms with Crippen LogP contribution in [0.4, 0.5) is 0 Å². The first kappa shape index (κ1) is 8.96. The highest BCUT2D eigenvalue weighted by Gasteiger charge is 1.99.